The van der Waals surface area contributed by atoms with Gasteiger partial charge < -0.3 is 15.4 Å². The van der Waals surface area contributed by atoms with Gasteiger partial charge in [0.05, 0.1) is 12.2 Å². The summed E-state index contributed by atoms with van der Waals surface area (Å²) in [5.74, 6) is 0.512. The van der Waals surface area contributed by atoms with Crippen LogP contribution in [0.4, 0.5) is 11.4 Å². The van der Waals surface area contributed by atoms with Crippen molar-refractivity contribution in [2.45, 2.75) is 27.2 Å². The Kier molecular flexibility index (Phi) is 8.60. The standard InChI is InChI=1S/C21H24BrN3O3S/c1-13(2)10-11-28-19-9-4-15(22)12-18(19)20(27)25-21(29)24-17-7-5-16(6-8-17)23-14(3)26/h4-9,12-13H,10-11H2,1-3H3,(H,23,26)(H2,24,25,27,29). The summed E-state index contributed by atoms with van der Waals surface area (Å²) in [6.07, 6.45) is 0.894. The van der Waals surface area contributed by atoms with Crippen LogP contribution in [0.2, 0.25) is 0 Å². The summed E-state index contributed by atoms with van der Waals surface area (Å²) in [4.78, 5) is 23.8. The first-order valence-electron chi connectivity index (χ1n) is 9.17. The third-order valence-corrected chi connectivity index (χ3v) is 4.53. The molecule has 0 aromatic heterocycles. The Bertz CT molecular complexity index is 885. The first kappa shape index (κ1) is 22.8. The Morgan fingerprint density at radius 3 is 2.28 bits per heavy atom. The number of carbonyl (C=O) groups excluding carboxylic acids is 2. The summed E-state index contributed by atoms with van der Waals surface area (Å²) in [6, 6.07) is 12.3. The molecule has 2 aromatic rings. The molecule has 0 heterocycles. The number of ether oxygens (including phenoxy) is 1. The highest BCUT2D eigenvalue weighted by Crippen LogP contribution is 2.24. The van der Waals surface area contributed by atoms with Crippen molar-refractivity contribution in [3.63, 3.8) is 0 Å². The molecule has 2 amide bonds. The first-order valence-corrected chi connectivity index (χ1v) is 10.4. The first-order chi connectivity index (χ1) is 13.7. The third-order valence-electron chi connectivity index (χ3n) is 3.83. The molecule has 8 heteroatoms. The van der Waals surface area contributed by atoms with Gasteiger partial charge in [-0.15, -0.1) is 0 Å². The van der Waals surface area contributed by atoms with E-state index in [1.807, 2.05) is 6.07 Å². The molecule has 0 atom stereocenters. The molecule has 0 unspecified atom stereocenters. The Balaban J connectivity index is 2.00. The predicted octanol–water partition coefficient (Wildman–Crippen LogP) is 4.96. The van der Waals surface area contributed by atoms with Crippen LogP contribution in [0.15, 0.2) is 46.9 Å². The fourth-order valence-electron chi connectivity index (χ4n) is 2.38. The summed E-state index contributed by atoms with van der Waals surface area (Å²) in [7, 11) is 0. The lowest BCUT2D eigenvalue weighted by Gasteiger charge is -2.14. The largest absolute Gasteiger partial charge is 0.493 e. The van der Waals surface area contributed by atoms with Crippen LogP contribution in [-0.2, 0) is 4.79 Å². The zero-order valence-corrected chi connectivity index (χ0v) is 18.9. The van der Waals surface area contributed by atoms with Crippen molar-refractivity contribution >= 4 is 56.4 Å². The van der Waals surface area contributed by atoms with Gasteiger partial charge >= 0.3 is 0 Å². The lowest BCUT2D eigenvalue weighted by Crippen LogP contribution is -2.34. The normalized spacial score (nSPS) is 10.4. The number of rotatable bonds is 7. The molecule has 0 saturated carbocycles. The average molecular weight is 478 g/mol. The molecule has 0 aliphatic heterocycles. The van der Waals surface area contributed by atoms with Crippen LogP contribution >= 0.6 is 28.1 Å². The second-order valence-electron chi connectivity index (χ2n) is 6.84. The monoisotopic (exact) mass is 477 g/mol. The highest BCUT2D eigenvalue weighted by atomic mass is 79.9. The molecule has 2 aromatic carbocycles. The quantitative estimate of drug-likeness (QED) is 0.491. The van der Waals surface area contributed by atoms with E-state index in [1.54, 1.807) is 36.4 Å². The van der Waals surface area contributed by atoms with Crippen LogP contribution in [0.1, 0.15) is 37.6 Å². The molecule has 0 fully saturated rings. The molecule has 0 spiro atoms. The van der Waals surface area contributed by atoms with E-state index in [0.29, 0.717) is 35.2 Å². The van der Waals surface area contributed by atoms with Crippen molar-refractivity contribution in [1.29, 1.82) is 0 Å². The smallest absolute Gasteiger partial charge is 0.261 e. The van der Waals surface area contributed by atoms with Gasteiger partial charge in [-0.1, -0.05) is 29.8 Å². The summed E-state index contributed by atoms with van der Waals surface area (Å²) in [5, 5.41) is 8.47. The van der Waals surface area contributed by atoms with E-state index in [2.05, 4.69) is 45.7 Å². The fraction of sp³-hybridized carbons (Fsp3) is 0.286. The Hall–Kier alpha value is -2.45. The molecule has 0 aliphatic carbocycles. The Morgan fingerprint density at radius 1 is 1.07 bits per heavy atom. The lowest BCUT2D eigenvalue weighted by molar-refractivity contribution is -0.114. The minimum Gasteiger partial charge on any atom is -0.493 e. The SMILES string of the molecule is CC(=O)Nc1ccc(NC(=S)NC(=O)c2cc(Br)ccc2OCCC(C)C)cc1. The Labute approximate surface area is 184 Å². The number of hydrogen-bond donors (Lipinski definition) is 3. The van der Waals surface area contributed by atoms with E-state index in [9.17, 15) is 9.59 Å². The van der Waals surface area contributed by atoms with Crippen LogP contribution in [0.5, 0.6) is 5.75 Å². The number of benzene rings is 2. The van der Waals surface area contributed by atoms with Gasteiger partial charge in [-0.05, 0) is 67.0 Å². The number of nitrogens with one attached hydrogen (secondary N) is 3. The average Bonchev–Trinajstić information content (AvgIpc) is 2.63. The van der Waals surface area contributed by atoms with E-state index in [-0.39, 0.29) is 16.9 Å². The molecular formula is C21H24BrN3O3S. The van der Waals surface area contributed by atoms with E-state index in [0.717, 1.165) is 10.9 Å². The fourth-order valence-corrected chi connectivity index (χ4v) is 2.95. The van der Waals surface area contributed by atoms with Crippen molar-refractivity contribution < 1.29 is 14.3 Å². The summed E-state index contributed by atoms with van der Waals surface area (Å²) in [5.41, 5.74) is 1.76. The Morgan fingerprint density at radius 2 is 1.69 bits per heavy atom. The molecule has 3 N–H and O–H groups in total. The lowest BCUT2D eigenvalue weighted by atomic mass is 10.1. The van der Waals surface area contributed by atoms with Gasteiger partial charge in [-0.25, -0.2) is 0 Å². The molecule has 0 aliphatic rings. The topological polar surface area (TPSA) is 79.5 Å². The minimum atomic E-state index is -0.363. The van der Waals surface area contributed by atoms with Gasteiger partial charge in [-0.3, -0.25) is 14.9 Å². The third kappa shape index (κ3) is 7.83. The van der Waals surface area contributed by atoms with Gasteiger partial charge in [-0.2, -0.15) is 0 Å². The van der Waals surface area contributed by atoms with E-state index < -0.39 is 0 Å². The van der Waals surface area contributed by atoms with Gasteiger partial charge in [0.1, 0.15) is 5.75 Å². The maximum atomic E-state index is 12.7. The van der Waals surface area contributed by atoms with Crippen molar-refractivity contribution in [3.8, 4) is 5.75 Å². The molecule has 29 heavy (non-hydrogen) atoms. The van der Waals surface area contributed by atoms with Gasteiger partial charge in [0.15, 0.2) is 5.11 Å². The zero-order chi connectivity index (χ0) is 21.4. The molecule has 0 bridgehead atoms. The zero-order valence-electron chi connectivity index (χ0n) is 16.5. The second kappa shape index (κ2) is 10.9. The number of halogens is 1. The van der Waals surface area contributed by atoms with Crippen LogP contribution < -0.4 is 20.7 Å². The summed E-state index contributed by atoms with van der Waals surface area (Å²) >= 11 is 8.63. The van der Waals surface area contributed by atoms with E-state index in [1.165, 1.54) is 6.92 Å². The highest BCUT2D eigenvalue weighted by Gasteiger charge is 2.15. The second-order valence-corrected chi connectivity index (χ2v) is 8.16. The molecular weight excluding hydrogens is 454 g/mol. The highest BCUT2D eigenvalue weighted by molar-refractivity contribution is 9.10. The van der Waals surface area contributed by atoms with Crippen LogP contribution in [0.25, 0.3) is 0 Å². The van der Waals surface area contributed by atoms with Crippen molar-refractivity contribution in [2.24, 2.45) is 5.92 Å². The number of carbonyl (C=O) groups is 2. The molecule has 154 valence electrons. The van der Waals surface area contributed by atoms with Gasteiger partial charge in [0.2, 0.25) is 5.91 Å². The van der Waals surface area contributed by atoms with Gasteiger partial charge in [0, 0.05) is 22.8 Å². The maximum Gasteiger partial charge on any atom is 0.261 e. The number of anilines is 2. The van der Waals surface area contributed by atoms with E-state index >= 15 is 0 Å². The molecule has 0 radical (unpaired) electrons. The van der Waals surface area contributed by atoms with Crippen LogP contribution in [-0.4, -0.2) is 23.5 Å². The summed E-state index contributed by atoms with van der Waals surface area (Å²) in [6.45, 7) is 6.21. The molecule has 0 saturated heterocycles. The van der Waals surface area contributed by atoms with Crippen molar-refractivity contribution in [2.75, 3.05) is 17.2 Å². The van der Waals surface area contributed by atoms with Crippen LogP contribution in [0.3, 0.4) is 0 Å². The van der Waals surface area contributed by atoms with Crippen molar-refractivity contribution in [1.82, 2.24) is 5.32 Å². The molecule has 2 rings (SSSR count). The summed E-state index contributed by atoms with van der Waals surface area (Å²) < 4.78 is 6.56. The number of hydrogen-bond acceptors (Lipinski definition) is 4. The predicted molar refractivity (Wildman–Crippen MR) is 124 cm³/mol. The maximum absolute atomic E-state index is 12.7. The number of thiocarbonyl (C=S) groups is 1. The minimum absolute atomic E-state index is 0.145. The molecule has 6 nitrogen and oxygen atoms in total. The van der Waals surface area contributed by atoms with Crippen molar-refractivity contribution in [3.05, 3.63) is 52.5 Å². The van der Waals surface area contributed by atoms with Gasteiger partial charge in [0.25, 0.3) is 5.91 Å². The van der Waals surface area contributed by atoms with E-state index in [4.69, 9.17) is 17.0 Å². The number of amides is 2. The van der Waals surface area contributed by atoms with Crippen LogP contribution in [0, 0.1) is 5.92 Å².